The first-order valence-corrected chi connectivity index (χ1v) is 5.65. The molecular weight excluding hydrogens is 273 g/mol. The molecule has 0 atom stereocenters. The summed E-state index contributed by atoms with van der Waals surface area (Å²) in [5, 5.41) is 0. The Balaban J connectivity index is 2.05. The van der Waals surface area contributed by atoms with Crippen molar-refractivity contribution in [2.75, 3.05) is 6.79 Å². The minimum absolute atomic E-state index is 0.0201. The van der Waals surface area contributed by atoms with E-state index in [-0.39, 0.29) is 12.4 Å². The molecule has 2 aromatic carbocycles. The van der Waals surface area contributed by atoms with Gasteiger partial charge in [-0.05, 0) is 18.2 Å². The molecule has 0 aliphatic carbocycles. The second-order valence-electron chi connectivity index (χ2n) is 4.14. The lowest BCUT2D eigenvalue weighted by Gasteiger charge is -2.05. The van der Waals surface area contributed by atoms with Crippen LogP contribution in [0.4, 0.5) is 13.2 Å². The van der Waals surface area contributed by atoms with E-state index in [1.54, 1.807) is 0 Å². The van der Waals surface area contributed by atoms with E-state index in [2.05, 4.69) is 0 Å². The fourth-order valence-electron chi connectivity index (χ4n) is 1.94. The van der Waals surface area contributed by atoms with Crippen molar-refractivity contribution in [3.05, 3.63) is 58.9 Å². The van der Waals surface area contributed by atoms with E-state index in [0.29, 0.717) is 23.6 Å². The minimum Gasteiger partial charge on any atom is -0.454 e. The molecule has 0 radical (unpaired) electrons. The number of hydrogen-bond acceptors (Lipinski definition) is 3. The molecule has 0 N–H and O–H groups in total. The number of halogens is 3. The van der Waals surface area contributed by atoms with Crippen molar-refractivity contribution in [1.82, 2.24) is 0 Å². The molecule has 1 heterocycles. The van der Waals surface area contributed by atoms with Gasteiger partial charge in [0.1, 0.15) is 17.5 Å². The molecule has 0 saturated heterocycles. The summed E-state index contributed by atoms with van der Waals surface area (Å²) in [4.78, 5) is 12.1. The van der Waals surface area contributed by atoms with Gasteiger partial charge in [-0.3, -0.25) is 4.79 Å². The number of ketones is 1. The number of fused-ring (bicyclic) bond motifs is 1. The third kappa shape index (κ3) is 1.99. The van der Waals surface area contributed by atoms with E-state index in [1.165, 1.54) is 18.2 Å². The summed E-state index contributed by atoms with van der Waals surface area (Å²) in [7, 11) is 0. The smallest absolute Gasteiger partial charge is 0.231 e. The van der Waals surface area contributed by atoms with Crippen LogP contribution in [-0.2, 0) is 0 Å². The molecule has 6 heteroatoms. The van der Waals surface area contributed by atoms with Gasteiger partial charge in [-0.2, -0.15) is 0 Å². The van der Waals surface area contributed by atoms with Gasteiger partial charge >= 0.3 is 0 Å². The highest BCUT2D eigenvalue weighted by atomic mass is 19.1. The molecule has 102 valence electrons. The zero-order chi connectivity index (χ0) is 14.3. The number of carbonyl (C=O) groups excluding carboxylic acids is 1. The minimum atomic E-state index is -1.25. The number of benzene rings is 2. The fourth-order valence-corrected chi connectivity index (χ4v) is 1.94. The summed E-state index contributed by atoms with van der Waals surface area (Å²) in [5.41, 5.74) is -0.774. The number of hydrogen-bond donors (Lipinski definition) is 0. The molecule has 0 aromatic heterocycles. The summed E-state index contributed by atoms with van der Waals surface area (Å²) < 4.78 is 50.1. The highest BCUT2D eigenvalue weighted by Gasteiger charge is 2.23. The lowest BCUT2D eigenvalue weighted by atomic mass is 10.0. The van der Waals surface area contributed by atoms with Crippen molar-refractivity contribution in [3.8, 4) is 11.5 Å². The first kappa shape index (κ1) is 12.5. The van der Waals surface area contributed by atoms with Crippen molar-refractivity contribution in [3.63, 3.8) is 0 Å². The molecule has 0 bridgehead atoms. The van der Waals surface area contributed by atoms with Crippen molar-refractivity contribution >= 4 is 5.78 Å². The number of carbonyl (C=O) groups is 1. The Bertz CT molecular complexity index is 690. The van der Waals surface area contributed by atoms with Gasteiger partial charge in [0.25, 0.3) is 0 Å². The predicted octanol–water partition coefficient (Wildman–Crippen LogP) is 3.06. The Labute approximate surface area is 111 Å². The lowest BCUT2D eigenvalue weighted by molar-refractivity contribution is 0.103. The molecule has 3 rings (SSSR count). The van der Waals surface area contributed by atoms with Gasteiger partial charge in [0.05, 0.1) is 5.56 Å². The van der Waals surface area contributed by atoms with E-state index < -0.39 is 28.8 Å². The molecule has 0 spiro atoms. The van der Waals surface area contributed by atoms with E-state index in [0.717, 1.165) is 0 Å². The number of rotatable bonds is 2. The van der Waals surface area contributed by atoms with Crippen molar-refractivity contribution < 1.29 is 27.4 Å². The first-order valence-electron chi connectivity index (χ1n) is 5.65. The second-order valence-corrected chi connectivity index (χ2v) is 4.14. The zero-order valence-corrected chi connectivity index (χ0v) is 9.95. The fraction of sp³-hybridized carbons (Fsp3) is 0.0714. The van der Waals surface area contributed by atoms with Gasteiger partial charge in [0.2, 0.25) is 6.79 Å². The van der Waals surface area contributed by atoms with Crippen LogP contribution in [0, 0.1) is 17.5 Å². The lowest BCUT2D eigenvalue weighted by Crippen LogP contribution is -2.08. The van der Waals surface area contributed by atoms with Crippen LogP contribution in [0.3, 0.4) is 0 Å². The molecule has 2 aromatic rings. The van der Waals surface area contributed by atoms with Crippen LogP contribution in [0.15, 0.2) is 30.3 Å². The SMILES string of the molecule is O=C(c1ccc2c(c1)OCO2)c1c(F)cc(F)cc1F. The summed E-state index contributed by atoms with van der Waals surface area (Å²) >= 11 is 0. The third-order valence-electron chi connectivity index (χ3n) is 2.87. The molecular formula is C14H7F3O3. The Morgan fingerprint density at radius 1 is 0.950 bits per heavy atom. The molecule has 20 heavy (non-hydrogen) atoms. The third-order valence-corrected chi connectivity index (χ3v) is 2.87. The van der Waals surface area contributed by atoms with Gasteiger partial charge in [-0.25, -0.2) is 13.2 Å². The maximum absolute atomic E-state index is 13.6. The van der Waals surface area contributed by atoms with Crippen LogP contribution in [0.25, 0.3) is 0 Å². The Kier molecular flexibility index (Phi) is 2.85. The summed E-state index contributed by atoms with van der Waals surface area (Å²) in [6.45, 7) is 0.0201. The average molecular weight is 280 g/mol. The van der Waals surface area contributed by atoms with Gasteiger partial charge in [-0.1, -0.05) is 0 Å². The summed E-state index contributed by atoms with van der Waals surface area (Å²) in [6.07, 6.45) is 0. The molecule has 1 aliphatic heterocycles. The van der Waals surface area contributed by atoms with Crippen LogP contribution in [-0.4, -0.2) is 12.6 Å². The largest absolute Gasteiger partial charge is 0.454 e. The number of ether oxygens (including phenoxy) is 2. The Hall–Kier alpha value is -2.50. The van der Waals surface area contributed by atoms with Crippen molar-refractivity contribution in [1.29, 1.82) is 0 Å². The molecule has 0 fully saturated rings. The standard InChI is InChI=1S/C14H7F3O3/c15-8-4-9(16)13(10(17)5-8)14(18)7-1-2-11-12(3-7)20-6-19-11/h1-5H,6H2. The van der Waals surface area contributed by atoms with Crippen LogP contribution < -0.4 is 9.47 Å². The zero-order valence-electron chi connectivity index (χ0n) is 9.95. The maximum atomic E-state index is 13.6. The van der Waals surface area contributed by atoms with E-state index in [1.807, 2.05) is 0 Å². The molecule has 0 amide bonds. The van der Waals surface area contributed by atoms with Crippen molar-refractivity contribution in [2.24, 2.45) is 0 Å². The van der Waals surface area contributed by atoms with E-state index in [9.17, 15) is 18.0 Å². The van der Waals surface area contributed by atoms with Crippen LogP contribution in [0.5, 0.6) is 11.5 Å². The Morgan fingerprint density at radius 3 is 2.30 bits per heavy atom. The van der Waals surface area contributed by atoms with Crippen LogP contribution in [0.1, 0.15) is 15.9 Å². The van der Waals surface area contributed by atoms with E-state index >= 15 is 0 Å². The highest BCUT2D eigenvalue weighted by Crippen LogP contribution is 2.33. The van der Waals surface area contributed by atoms with E-state index in [4.69, 9.17) is 9.47 Å². The van der Waals surface area contributed by atoms with Gasteiger partial charge in [0, 0.05) is 17.7 Å². The second kappa shape index (κ2) is 4.56. The monoisotopic (exact) mass is 280 g/mol. The average Bonchev–Trinajstić information content (AvgIpc) is 2.84. The Morgan fingerprint density at radius 2 is 1.60 bits per heavy atom. The first-order chi connectivity index (χ1) is 9.56. The predicted molar refractivity (Wildman–Crippen MR) is 62.3 cm³/mol. The summed E-state index contributed by atoms with van der Waals surface area (Å²) in [5.74, 6) is -3.70. The van der Waals surface area contributed by atoms with Crippen LogP contribution >= 0.6 is 0 Å². The molecule has 1 aliphatic rings. The van der Waals surface area contributed by atoms with Crippen LogP contribution in [0.2, 0.25) is 0 Å². The molecule has 0 unspecified atom stereocenters. The van der Waals surface area contributed by atoms with Gasteiger partial charge in [0.15, 0.2) is 17.3 Å². The molecule has 3 nitrogen and oxygen atoms in total. The van der Waals surface area contributed by atoms with Gasteiger partial charge in [-0.15, -0.1) is 0 Å². The quantitative estimate of drug-likeness (QED) is 0.793. The summed E-state index contributed by atoms with van der Waals surface area (Å²) in [6, 6.07) is 5.08. The highest BCUT2D eigenvalue weighted by molar-refractivity contribution is 6.09. The van der Waals surface area contributed by atoms with Crippen molar-refractivity contribution in [2.45, 2.75) is 0 Å². The topological polar surface area (TPSA) is 35.5 Å². The van der Waals surface area contributed by atoms with Gasteiger partial charge < -0.3 is 9.47 Å². The normalized spacial score (nSPS) is 12.6. The maximum Gasteiger partial charge on any atom is 0.231 e. The molecule has 0 saturated carbocycles.